The van der Waals surface area contributed by atoms with Gasteiger partial charge in [0.2, 0.25) is 5.91 Å². The topological polar surface area (TPSA) is 41.1 Å². The van der Waals surface area contributed by atoms with Crippen molar-refractivity contribution >= 4 is 5.91 Å². The fourth-order valence-electron chi connectivity index (χ4n) is 3.45. The number of amides is 1. The molecule has 3 rings (SSSR count). The Labute approximate surface area is 127 Å². The summed E-state index contributed by atoms with van der Waals surface area (Å²) in [4.78, 5) is 12.0. The van der Waals surface area contributed by atoms with Gasteiger partial charge in [-0.05, 0) is 43.7 Å². The Kier molecular flexibility index (Phi) is 4.59. The Hall–Kier alpha value is -1.35. The van der Waals surface area contributed by atoms with Crippen LogP contribution in [0.5, 0.6) is 0 Å². The number of hydrogen-bond acceptors (Lipinski definition) is 2. The predicted molar refractivity (Wildman–Crippen MR) is 85.2 cm³/mol. The first-order valence-corrected chi connectivity index (χ1v) is 8.31. The zero-order valence-corrected chi connectivity index (χ0v) is 12.7. The van der Waals surface area contributed by atoms with Gasteiger partial charge in [-0.2, -0.15) is 0 Å². The summed E-state index contributed by atoms with van der Waals surface area (Å²) in [7, 11) is 0. The molecule has 0 bridgehead atoms. The van der Waals surface area contributed by atoms with Gasteiger partial charge in [-0.3, -0.25) is 4.79 Å². The molecule has 21 heavy (non-hydrogen) atoms. The van der Waals surface area contributed by atoms with E-state index >= 15 is 0 Å². The summed E-state index contributed by atoms with van der Waals surface area (Å²) in [6.07, 6.45) is 7.56. The average Bonchev–Trinajstić information content (AvgIpc) is 3.22. The SMILES string of the molecule is O=C(CNCC1CC1)NCC1(c2ccccc2)CCCC1. The lowest BCUT2D eigenvalue weighted by Crippen LogP contribution is -2.42. The van der Waals surface area contributed by atoms with E-state index in [9.17, 15) is 4.79 Å². The van der Waals surface area contributed by atoms with Crippen molar-refractivity contribution in [2.45, 2.75) is 43.9 Å². The molecule has 0 unspecified atom stereocenters. The fraction of sp³-hybridized carbons (Fsp3) is 0.611. The molecule has 0 radical (unpaired) electrons. The standard InChI is InChI=1S/C18H26N2O/c21-17(13-19-12-15-8-9-15)20-14-18(10-4-5-11-18)16-6-2-1-3-7-16/h1-3,6-7,15,19H,4-5,8-14H2,(H,20,21). The zero-order chi connectivity index (χ0) is 14.5. The third-order valence-electron chi connectivity index (χ3n) is 4.99. The summed E-state index contributed by atoms with van der Waals surface area (Å²) in [5.74, 6) is 0.959. The third-order valence-corrected chi connectivity index (χ3v) is 4.99. The van der Waals surface area contributed by atoms with E-state index in [0.29, 0.717) is 6.54 Å². The molecule has 2 fully saturated rings. The summed E-state index contributed by atoms with van der Waals surface area (Å²) in [6.45, 7) is 2.24. The average molecular weight is 286 g/mol. The molecule has 0 saturated heterocycles. The van der Waals surface area contributed by atoms with Gasteiger partial charge in [0, 0.05) is 12.0 Å². The van der Waals surface area contributed by atoms with Crippen LogP contribution < -0.4 is 10.6 Å². The first kappa shape index (κ1) is 14.6. The van der Waals surface area contributed by atoms with Crippen molar-refractivity contribution in [3.8, 4) is 0 Å². The number of carbonyl (C=O) groups excluding carboxylic acids is 1. The second kappa shape index (κ2) is 6.61. The van der Waals surface area contributed by atoms with Crippen molar-refractivity contribution < 1.29 is 4.79 Å². The van der Waals surface area contributed by atoms with Crippen LogP contribution in [-0.4, -0.2) is 25.5 Å². The van der Waals surface area contributed by atoms with Gasteiger partial charge in [-0.1, -0.05) is 43.2 Å². The van der Waals surface area contributed by atoms with Gasteiger partial charge in [-0.25, -0.2) is 0 Å². The largest absolute Gasteiger partial charge is 0.354 e. The molecule has 0 atom stereocenters. The van der Waals surface area contributed by atoms with Gasteiger partial charge in [-0.15, -0.1) is 0 Å². The summed E-state index contributed by atoms with van der Waals surface area (Å²) < 4.78 is 0. The predicted octanol–water partition coefficient (Wildman–Crippen LogP) is 2.61. The smallest absolute Gasteiger partial charge is 0.233 e. The molecule has 2 aliphatic rings. The van der Waals surface area contributed by atoms with Crippen LogP contribution in [-0.2, 0) is 10.2 Å². The molecule has 1 aromatic carbocycles. The van der Waals surface area contributed by atoms with Crippen LogP contribution >= 0.6 is 0 Å². The van der Waals surface area contributed by atoms with Gasteiger partial charge in [0.25, 0.3) is 0 Å². The van der Waals surface area contributed by atoms with Crippen molar-refractivity contribution in [1.82, 2.24) is 10.6 Å². The summed E-state index contributed by atoms with van der Waals surface area (Å²) in [5, 5.41) is 6.42. The van der Waals surface area contributed by atoms with E-state index in [1.54, 1.807) is 0 Å². The van der Waals surface area contributed by atoms with E-state index < -0.39 is 0 Å². The number of carbonyl (C=O) groups is 1. The number of nitrogens with one attached hydrogen (secondary N) is 2. The second-order valence-corrected chi connectivity index (χ2v) is 6.70. The highest BCUT2D eigenvalue weighted by molar-refractivity contribution is 5.78. The van der Waals surface area contributed by atoms with Crippen LogP contribution in [0.3, 0.4) is 0 Å². The first-order valence-electron chi connectivity index (χ1n) is 8.31. The normalized spacial score (nSPS) is 20.4. The first-order chi connectivity index (χ1) is 10.3. The molecular formula is C18H26N2O. The number of benzene rings is 1. The van der Waals surface area contributed by atoms with Crippen LogP contribution in [0, 0.1) is 5.92 Å². The molecule has 3 heteroatoms. The monoisotopic (exact) mass is 286 g/mol. The Morgan fingerprint density at radius 2 is 1.86 bits per heavy atom. The van der Waals surface area contributed by atoms with E-state index in [1.807, 2.05) is 0 Å². The maximum Gasteiger partial charge on any atom is 0.233 e. The lowest BCUT2D eigenvalue weighted by atomic mass is 9.79. The van der Waals surface area contributed by atoms with Crippen molar-refractivity contribution in [1.29, 1.82) is 0 Å². The lowest BCUT2D eigenvalue weighted by Gasteiger charge is -2.30. The van der Waals surface area contributed by atoms with Crippen LogP contribution in [0.15, 0.2) is 30.3 Å². The van der Waals surface area contributed by atoms with Gasteiger partial charge in [0.15, 0.2) is 0 Å². The molecule has 1 amide bonds. The summed E-state index contributed by atoms with van der Waals surface area (Å²) in [5.41, 5.74) is 1.54. The van der Waals surface area contributed by atoms with Gasteiger partial charge in [0.05, 0.1) is 6.54 Å². The van der Waals surface area contributed by atoms with Gasteiger partial charge < -0.3 is 10.6 Å². The van der Waals surface area contributed by atoms with Crippen molar-refractivity contribution in [2.75, 3.05) is 19.6 Å². The second-order valence-electron chi connectivity index (χ2n) is 6.70. The Morgan fingerprint density at radius 1 is 1.14 bits per heavy atom. The van der Waals surface area contributed by atoms with Crippen molar-refractivity contribution in [2.24, 2.45) is 5.92 Å². The molecule has 0 spiro atoms. The molecule has 1 aromatic rings. The van der Waals surface area contributed by atoms with Crippen LogP contribution in [0.25, 0.3) is 0 Å². The zero-order valence-electron chi connectivity index (χ0n) is 12.7. The molecule has 0 heterocycles. The highest BCUT2D eigenvalue weighted by atomic mass is 16.1. The third kappa shape index (κ3) is 3.85. The summed E-state index contributed by atoms with van der Waals surface area (Å²) >= 11 is 0. The lowest BCUT2D eigenvalue weighted by molar-refractivity contribution is -0.120. The Bertz CT molecular complexity index is 461. The van der Waals surface area contributed by atoms with E-state index in [1.165, 1.54) is 44.1 Å². The maximum atomic E-state index is 12.0. The van der Waals surface area contributed by atoms with Crippen LogP contribution in [0.4, 0.5) is 0 Å². The maximum absolute atomic E-state index is 12.0. The minimum atomic E-state index is 0.137. The van der Waals surface area contributed by atoms with E-state index in [0.717, 1.165) is 19.0 Å². The summed E-state index contributed by atoms with van der Waals surface area (Å²) in [6, 6.07) is 10.7. The van der Waals surface area contributed by atoms with Crippen molar-refractivity contribution in [3.05, 3.63) is 35.9 Å². The molecule has 0 aromatic heterocycles. The molecule has 2 saturated carbocycles. The van der Waals surface area contributed by atoms with E-state index in [4.69, 9.17) is 0 Å². The molecular weight excluding hydrogens is 260 g/mol. The Morgan fingerprint density at radius 3 is 2.52 bits per heavy atom. The molecule has 3 nitrogen and oxygen atoms in total. The molecule has 0 aliphatic heterocycles. The van der Waals surface area contributed by atoms with E-state index in [2.05, 4.69) is 41.0 Å². The molecule has 114 valence electrons. The van der Waals surface area contributed by atoms with Gasteiger partial charge in [0.1, 0.15) is 0 Å². The Balaban J connectivity index is 1.51. The number of rotatable bonds is 7. The van der Waals surface area contributed by atoms with Crippen molar-refractivity contribution in [3.63, 3.8) is 0 Å². The van der Waals surface area contributed by atoms with Crippen LogP contribution in [0.1, 0.15) is 44.1 Å². The fourth-order valence-corrected chi connectivity index (χ4v) is 3.45. The van der Waals surface area contributed by atoms with Gasteiger partial charge >= 0.3 is 0 Å². The highest BCUT2D eigenvalue weighted by Crippen LogP contribution is 2.40. The minimum Gasteiger partial charge on any atom is -0.354 e. The highest BCUT2D eigenvalue weighted by Gasteiger charge is 2.35. The van der Waals surface area contributed by atoms with Crippen LogP contribution in [0.2, 0.25) is 0 Å². The molecule has 2 aliphatic carbocycles. The number of hydrogen-bond donors (Lipinski definition) is 2. The van der Waals surface area contributed by atoms with E-state index in [-0.39, 0.29) is 11.3 Å². The minimum absolute atomic E-state index is 0.137. The molecule has 2 N–H and O–H groups in total. The quantitative estimate of drug-likeness (QED) is 0.809.